The first-order valence-electron chi connectivity index (χ1n) is 8.65. The summed E-state index contributed by atoms with van der Waals surface area (Å²) in [4.78, 5) is 5.55. The molecule has 0 heterocycles. The number of nitrogens with zero attached hydrogens (tertiary/aromatic N) is 1. The van der Waals surface area contributed by atoms with Gasteiger partial charge in [-0.25, -0.2) is 0 Å². The average molecular weight is 374 g/mol. The monoisotopic (exact) mass is 373 g/mol. The molecule has 0 fully saturated rings. The van der Waals surface area contributed by atoms with Crippen molar-refractivity contribution in [3.63, 3.8) is 0 Å². The smallest absolute Gasteiger partial charge is 0.191 e. The molecule has 0 aliphatic rings. The van der Waals surface area contributed by atoms with Gasteiger partial charge >= 0.3 is 0 Å². The molecule has 6 heteroatoms. The number of thioether (sulfide) groups is 1. The third-order valence-electron chi connectivity index (χ3n) is 3.54. The fourth-order valence-electron chi connectivity index (χ4n) is 2.25. The molecular formula is C20H27N3O2S. The maximum atomic E-state index is 5.64. The molecular weight excluding hydrogens is 346 g/mol. The van der Waals surface area contributed by atoms with Crippen LogP contribution >= 0.6 is 11.8 Å². The molecule has 0 bridgehead atoms. The zero-order chi connectivity index (χ0) is 18.5. The highest BCUT2D eigenvalue weighted by molar-refractivity contribution is 7.99. The number of rotatable bonds is 10. The number of methoxy groups -OCH3 is 1. The van der Waals surface area contributed by atoms with E-state index in [1.54, 1.807) is 14.2 Å². The topological polar surface area (TPSA) is 54.9 Å². The minimum absolute atomic E-state index is 0.551. The second-order valence-electron chi connectivity index (χ2n) is 5.50. The molecule has 5 nitrogen and oxygen atoms in total. The Morgan fingerprint density at radius 2 is 1.88 bits per heavy atom. The van der Waals surface area contributed by atoms with E-state index in [1.165, 1.54) is 4.90 Å². The Hall–Kier alpha value is -2.18. The summed E-state index contributed by atoms with van der Waals surface area (Å²) in [7, 11) is 3.45. The van der Waals surface area contributed by atoms with E-state index in [9.17, 15) is 0 Å². The third-order valence-corrected chi connectivity index (χ3v) is 4.56. The summed E-state index contributed by atoms with van der Waals surface area (Å²) in [6.45, 7) is 2.67. The van der Waals surface area contributed by atoms with Gasteiger partial charge in [0.2, 0.25) is 0 Å². The molecule has 140 valence electrons. The van der Waals surface area contributed by atoms with Crippen molar-refractivity contribution in [3.05, 3.63) is 60.2 Å². The second kappa shape index (κ2) is 12.2. The van der Waals surface area contributed by atoms with Crippen LogP contribution in [-0.4, -0.2) is 45.6 Å². The van der Waals surface area contributed by atoms with Crippen LogP contribution in [0.5, 0.6) is 5.75 Å². The Morgan fingerprint density at radius 1 is 1.04 bits per heavy atom. The summed E-state index contributed by atoms with van der Waals surface area (Å²) in [6.07, 6.45) is 0. The first kappa shape index (κ1) is 20.1. The van der Waals surface area contributed by atoms with E-state index in [4.69, 9.17) is 9.47 Å². The molecule has 2 rings (SSSR count). The van der Waals surface area contributed by atoms with E-state index in [0.29, 0.717) is 19.8 Å². The Balaban J connectivity index is 1.70. The number of aliphatic imine (C=N–C) groups is 1. The fraction of sp³-hybridized carbons (Fsp3) is 0.350. The van der Waals surface area contributed by atoms with E-state index in [2.05, 4.69) is 46.0 Å². The maximum Gasteiger partial charge on any atom is 0.191 e. The molecule has 0 aromatic heterocycles. The molecule has 0 radical (unpaired) electrons. The normalized spacial score (nSPS) is 11.2. The van der Waals surface area contributed by atoms with Crippen molar-refractivity contribution < 1.29 is 9.47 Å². The molecule has 26 heavy (non-hydrogen) atoms. The highest BCUT2D eigenvalue weighted by atomic mass is 32.2. The van der Waals surface area contributed by atoms with Gasteiger partial charge in [-0.2, -0.15) is 0 Å². The summed E-state index contributed by atoms with van der Waals surface area (Å²) in [5.74, 6) is 2.63. The molecule has 2 N–H and O–H groups in total. The van der Waals surface area contributed by atoms with Crippen molar-refractivity contribution >= 4 is 17.7 Å². The Morgan fingerprint density at radius 3 is 2.65 bits per heavy atom. The van der Waals surface area contributed by atoms with Gasteiger partial charge < -0.3 is 20.1 Å². The van der Waals surface area contributed by atoms with Gasteiger partial charge in [-0.3, -0.25) is 4.99 Å². The van der Waals surface area contributed by atoms with Crippen LogP contribution in [0, 0.1) is 0 Å². The molecule has 0 atom stereocenters. The number of nitrogens with one attached hydrogen (secondary N) is 2. The van der Waals surface area contributed by atoms with Crippen LogP contribution in [0.4, 0.5) is 0 Å². The molecule has 2 aromatic carbocycles. The molecule has 0 unspecified atom stereocenters. The van der Waals surface area contributed by atoms with Gasteiger partial charge in [-0.1, -0.05) is 30.3 Å². The van der Waals surface area contributed by atoms with Crippen LogP contribution in [0.3, 0.4) is 0 Å². The SMILES string of the molecule is CN=C(NCCSc1ccccc1)NCc1cccc(OCCOC)c1. The van der Waals surface area contributed by atoms with Crippen molar-refractivity contribution in [2.24, 2.45) is 4.99 Å². The number of guanidine groups is 1. The van der Waals surface area contributed by atoms with Gasteiger partial charge in [0, 0.05) is 37.9 Å². The third kappa shape index (κ3) is 7.80. The van der Waals surface area contributed by atoms with Gasteiger partial charge in [-0.15, -0.1) is 11.8 Å². The molecule has 0 aliphatic heterocycles. The van der Waals surface area contributed by atoms with E-state index in [0.717, 1.165) is 29.6 Å². The predicted octanol–water partition coefficient (Wildman–Crippen LogP) is 3.17. The lowest BCUT2D eigenvalue weighted by molar-refractivity contribution is 0.146. The minimum Gasteiger partial charge on any atom is -0.491 e. The number of hydrogen-bond acceptors (Lipinski definition) is 4. The van der Waals surface area contributed by atoms with Crippen LogP contribution in [0.1, 0.15) is 5.56 Å². The quantitative estimate of drug-likeness (QED) is 0.290. The van der Waals surface area contributed by atoms with Gasteiger partial charge in [0.15, 0.2) is 5.96 Å². The largest absolute Gasteiger partial charge is 0.491 e. The lowest BCUT2D eigenvalue weighted by Crippen LogP contribution is -2.37. The number of ether oxygens (including phenoxy) is 2. The molecule has 0 amide bonds. The first-order valence-corrected chi connectivity index (χ1v) is 9.63. The first-order chi connectivity index (χ1) is 12.8. The Labute approximate surface area is 160 Å². The zero-order valence-corrected chi connectivity index (χ0v) is 16.2. The van der Waals surface area contributed by atoms with E-state index in [-0.39, 0.29) is 0 Å². The maximum absolute atomic E-state index is 5.64. The minimum atomic E-state index is 0.551. The Kier molecular flexibility index (Phi) is 9.46. The summed E-state index contributed by atoms with van der Waals surface area (Å²) in [6, 6.07) is 18.4. The van der Waals surface area contributed by atoms with Gasteiger partial charge in [0.05, 0.1) is 6.61 Å². The summed E-state index contributed by atoms with van der Waals surface area (Å²) in [5.41, 5.74) is 1.14. The van der Waals surface area contributed by atoms with Crippen LogP contribution < -0.4 is 15.4 Å². The average Bonchev–Trinajstić information content (AvgIpc) is 2.69. The zero-order valence-electron chi connectivity index (χ0n) is 15.4. The lowest BCUT2D eigenvalue weighted by atomic mass is 10.2. The second-order valence-corrected chi connectivity index (χ2v) is 6.67. The van der Waals surface area contributed by atoms with E-state index in [1.807, 2.05) is 36.0 Å². The standard InChI is InChI=1S/C20H27N3O2S/c1-21-20(22-11-14-26-19-9-4-3-5-10-19)23-16-17-7-6-8-18(15-17)25-13-12-24-2/h3-10,15H,11-14,16H2,1-2H3,(H2,21,22,23). The fourth-order valence-corrected chi connectivity index (χ4v) is 3.04. The highest BCUT2D eigenvalue weighted by Crippen LogP contribution is 2.15. The molecule has 0 spiro atoms. The number of hydrogen-bond donors (Lipinski definition) is 2. The molecule has 0 saturated carbocycles. The number of benzene rings is 2. The lowest BCUT2D eigenvalue weighted by Gasteiger charge is -2.13. The van der Waals surface area contributed by atoms with Gasteiger partial charge in [0.1, 0.15) is 12.4 Å². The van der Waals surface area contributed by atoms with E-state index >= 15 is 0 Å². The predicted molar refractivity (Wildman–Crippen MR) is 109 cm³/mol. The van der Waals surface area contributed by atoms with Crippen LogP contribution in [0.25, 0.3) is 0 Å². The summed E-state index contributed by atoms with van der Waals surface area (Å²) in [5, 5.41) is 6.66. The summed E-state index contributed by atoms with van der Waals surface area (Å²) < 4.78 is 10.6. The molecule has 0 saturated heterocycles. The van der Waals surface area contributed by atoms with Crippen molar-refractivity contribution in [3.8, 4) is 5.75 Å². The summed E-state index contributed by atoms with van der Waals surface area (Å²) >= 11 is 1.83. The highest BCUT2D eigenvalue weighted by Gasteiger charge is 2.01. The Bertz CT molecular complexity index is 665. The van der Waals surface area contributed by atoms with Crippen molar-refractivity contribution in [2.75, 3.05) is 39.7 Å². The van der Waals surface area contributed by atoms with Crippen molar-refractivity contribution in [1.82, 2.24) is 10.6 Å². The van der Waals surface area contributed by atoms with Crippen molar-refractivity contribution in [2.45, 2.75) is 11.4 Å². The van der Waals surface area contributed by atoms with Crippen LogP contribution in [-0.2, 0) is 11.3 Å². The van der Waals surface area contributed by atoms with Gasteiger partial charge in [0.25, 0.3) is 0 Å². The van der Waals surface area contributed by atoms with Crippen LogP contribution in [0.15, 0.2) is 64.5 Å². The molecule has 0 aliphatic carbocycles. The van der Waals surface area contributed by atoms with Crippen molar-refractivity contribution in [1.29, 1.82) is 0 Å². The van der Waals surface area contributed by atoms with Gasteiger partial charge in [-0.05, 0) is 29.8 Å². The van der Waals surface area contributed by atoms with Crippen LogP contribution in [0.2, 0.25) is 0 Å². The van der Waals surface area contributed by atoms with E-state index < -0.39 is 0 Å². The molecule has 2 aromatic rings.